The third kappa shape index (κ3) is 5.55. The molecule has 7 nitrogen and oxygen atoms in total. The van der Waals surface area contributed by atoms with E-state index in [1.54, 1.807) is 0 Å². The number of primary amides is 1. The maximum atomic E-state index is 12.3. The minimum atomic E-state index is -0.359. The highest BCUT2D eigenvalue weighted by atomic mass is 79.9. The molecule has 1 aromatic heterocycles. The molecule has 3 rings (SSSR count). The topological polar surface area (TPSA) is 103 Å². The number of amides is 2. The van der Waals surface area contributed by atoms with Crippen LogP contribution in [-0.2, 0) is 16.1 Å². The van der Waals surface area contributed by atoms with Crippen LogP contribution >= 0.6 is 27.7 Å². The number of benzene rings is 1. The van der Waals surface area contributed by atoms with E-state index >= 15 is 0 Å². The van der Waals surface area contributed by atoms with E-state index in [0.29, 0.717) is 17.6 Å². The Hall–Kier alpha value is -1.87. The predicted octanol–water partition coefficient (Wildman–Crippen LogP) is 2.76. The lowest BCUT2D eigenvalue weighted by Crippen LogP contribution is -2.28. The molecular weight excluding hydrogens is 430 g/mol. The molecular formula is C18H22BrN5O2S. The zero-order valence-electron chi connectivity index (χ0n) is 15.0. The van der Waals surface area contributed by atoms with Gasteiger partial charge in [0.15, 0.2) is 5.16 Å². The first-order valence-corrected chi connectivity index (χ1v) is 10.6. The summed E-state index contributed by atoms with van der Waals surface area (Å²) in [5, 5.41) is 12.1. The zero-order chi connectivity index (χ0) is 19.4. The highest BCUT2D eigenvalue weighted by molar-refractivity contribution is 9.10. The van der Waals surface area contributed by atoms with Crippen molar-refractivity contribution in [2.45, 2.75) is 49.8 Å². The molecule has 2 aromatic rings. The first kappa shape index (κ1) is 19.9. The first-order chi connectivity index (χ1) is 12.9. The summed E-state index contributed by atoms with van der Waals surface area (Å²) < 4.78 is 2.93. The second-order valence-corrected chi connectivity index (χ2v) is 8.47. The van der Waals surface area contributed by atoms with Crippen LogP contribution in [0.5, 0.6) is 0 Å². The van der Waals surface area contributed by atoms with Gasteiger partial charge in [-0.3, -0.25) is 9.59 Å². The number of hydrogen-bond acceptors (Lipinski definition) is 5. The second kappa shape index (κ2) is 8.88. The Kier molecular flexibility index (Phi) is 6.54. The Morgan fingerprint density at radius 3 is 2.67 bits per heavy atom. The maximum absolute atomic E-state index is 12.3. The number of halogens is 1. The largest absolute Gasteiger partial charge is 0.370 e. The van der Waals surface area contributed by atoms with Crippen LogP contribution in [0.4, 0.5) is 0 Å². The van der Waals surface area contributed by atoms with Crippen molar-refractivity contribution >= 4 is 39.5 Å². The smallest absolute Gasteiger partial charge is 0.230 e. The standard InChI is InChI=1S/C18H22BrN5O2S/c1-11(12-4-6-14(19)7-5-12)21-16(26)10-27-18-23-22-17(13-2-3-13)24(18)9-8-15(20)25/h4-7,11,13H,2-3,8-10H2,1H3,(H2,20,25)(H,21,26). The molecule has 1 unspecified atom stereocenters. The van der Waals surface area contributed by atoms with Gasteiger partial charge in [0.25, 0.3) is 0 Å². The van der Waals surface area contributed by atoms with Crippen LogP contribution in [0.25, 0.3) is 0 Å². The van der Waals surface area contributed by atoms with Gasteiger partial charge in [0, 0.05) is 23.4 Å². The summed E-state index contributed by atoms with van der Waals surface area (Å²) in [6, 6.07) is 7.77. The average Bonchev–Trinajstić information content (AvgIpc) is 3.39. The van der Waals surface area contributed by atoms with Gasteiger partial charge in [0.2, 0.25) is 11.8 Å². The molecule has 1 heterocycles. The molecule has 1 aliphatic rings. The van der Waals surface area contributed by atoms with Crippen molar-refractivity contribution in [1.29, 1.82) is 0 Å². The van der Waals surface area contributed by atoms with E-state index in [1.807, 2.05) is 35.8 Å². The van der Waals surface area contributed by atoms with Gasteiger partial charge < -0.3 is 15.6 Å². The van der Waals surface area contributed by atoms with Crippen molar-refractivity contribution in [3.8, 4) is 0 Å². The van der Waals surface area contributed by atoms with Gasteiger partial charge in [-0.2, -0.15) is 0 Å². The van der Waals surface area contributed by atoms with Crippen LogP contribution in [0.15, 0.2) is 33.9 Å². The monoisotopic (exact) mass is 451 g/mol. The van der Waals surface area contributed by atoms with Gasteiger partial charge in [0.1, 0.15) is 5.82 Å². The molecule has 1 fully saturated rings. The molecule has 1 aromatic carbocycles. The van der Waals surface area contributed by atoms with E-state index in [2.05, 4.69) is 31.4 Å². The number of carbonyl (C=O) groups is 2. The van der Waals surface area contributed by atoms with Gasteiger partial charge in [0.05, 0.1) is 11.8 Å². The lowest BCUT2D eigenvalue weighted by Gasteiger charge is -2.14. The molecule has 144 valence electrons. The van der Waals surface area contributed by atoms with E-state index in [1.165, 1.54) is 11.8 Å². The lowest BCUT2D eigenvalue weighted by molar-refractivity contribution is -0.119. The van der Waals surface area contributed by atoms with Crippen LogP contribution in [-0.4, -0.2) is 32.3 Å². The van der Waals surface area contributed by atoms with Crippen molar-refractivity contribution in [2.75, 3.05) is 5.75 Å². The minimum absolute atomic E-state index is 0.0761. The molecule has 1 aliphatic carbocycles. The van der Waals surface area contributed by atoms with E-state index in [4.69, 9.17) is 5.73 Å². The molecule has 27 heavy (non-hydrogen) atoms. The SMILES string of the molecule is CC(NC(=O)CSc1nnc(C2CC2)n1CCC(N)=O)c1ccc(Br)cc1. The van der Waals surface area contributed by atoms with E-state index < -0.39 is 0 Å². The molecule has 9 heteroatoms. The summed E-state index contributed by atoms with van der Waals surface area (Å²) in [6.07, 6.45) is 2.41. The molecule has 2 amide bonds. The normalized spacial score (nSPS) is 14.7. The Bertz CT molecular complexity index is 820. The minimum Gasteiger partial charge on any atom is -0.370 e. The van der Waals surface area contributed by atoms with Crippen molar-refractivity contribution in [2.24, 2.45) is 5.73 Å². The molecule has 0 aliphatic heterocycles. The molecule has 0 bridgehead atoms. The molecule has 1 saturated carbocycles. The molecule has 0 radical (unpaired) electrons. The van der Waals surface area contributed by atoms with E-state index in [0.717, 1.165) is 28.7 Å². The summed E-state index contributed by atoms with van der Waals surface area (Å²) in [5.74, 6) is 1.10. The molecule has 1 atom stereocenters. The Balaban J connectivity index is 1.58. The third-order valence-corrected chi connectivity index (χ3v) is 5.85. The summed E-state index contributed by atoms with van der Waals surface area (Å²) in [7, 11) is 0. The van der Waals surface area contributed by atoms with E-state index in [9.17, 15) is 9.59 Å². The fourth-order valence-corrected chi connectivity index (χ4v) is 3.78. The van der Waals surface area contributed by atoms with Gasteiger partial charge in [-0.15, -0.1) is 10.2 Å². The molecule has 0 spiro atoms. The fourth-order valence-electron chi connectivity index (χ4n) is 2.73. The van der Waals surface area contributed by atoms with Crippen molar-refractivity contribution < 1.29 is 9.59 Å². The Morgan fingerprint density at radius 2 is 2.04 bits per heavy atom. The number of aromatic nitrogens is 3. The van der Waals surface area contributed by atoms with Gasteiger partial charge in [-0.1, -0.05) is 39.8 Å². The van der Waals surface area contributed by atoms with Crippen LogP contribution < -0.4 is 11.1 Å². The Morgan fingerprint density at radius 1 is 1.33 bits per heavy atom. The van der Waals surface area contributed by atoms with Crippen molar-refractivity contribution in [3.05, 3.63) is 40.1 Å². The van der Waals surface area contributed by atoms with Crippen molar-refractivity contribution in [1.82, 2.24) is 20.1 Å². The van der Waals surface area contributed by atoms with Crippen LogP contribution in [0.2, 0.25) is 0 Å². The fraction of sp³-hybridized carbons (Fsp3) is 0.444. The summed E-state index contributed by atoms with van der Waals surface area (Å²) in [5.41, 5.74) is 6.31. The second-order valence-electron chi connectivity index (χ2n) is 6.61. The third-order valence-electron chi connectivity index (χ3n) is 4.35. The van der Waals surface area contributed by atoms with Gasteiger partial charge in [-0.05, 0) is 37.5 Å². The summed E-state index contributed by atoms with van der Waals surface area (Å²) in [6.45, 7) is 2.40. The van der Waals surface area contributed by atoms with Crippen LogP contribution in [0.1, 0.15) is 49.5 Å². The highest BCUT2D eigenvalue weighted by Crippen LogP contribution is 2.40. The molecule has 3 N–H and O–H groups in total. The number of hydrogen-bond donors (Lipinski definition) is 2. The predicted molar refractivity (Wildman–Crippen MR) is 107 cm³/mol. The number of nitrogens with two attached hydrogens (primary N) is 1. The average molecular weight is 452 g/mol. The van der Waals surface area contributed by atoms with Gasteiger partial charge in [-0.25, -0.2) is 0 Å². The zero-order valence-corrected chi connectivity index (χ0v) is 17.4. The summed E-state index contributed by atoms with van der Waals surface area (Å²) in [4.78, 5) is 23.5. The number of carbonyl (C=O) groups excluding carboxylic acids is 2. The number of rotatable bonds is 9. The Labute approximate surface area is 170 Å². The van der Waals surface area contributed by atoms with E-state index in [-0.39, 0.29) is 30.0 Å². The number of nitrogens with zero attached hydrogens (tertiary/aromatic N) is 3. The van der Waals surface area contributed by atoms with Crippen LogP contribution in [0, 0.1) is 0 Å². The summed E-state index contributed by atoms with van der Waals surface area (Å²) >= 11 is 4.74. The van der Waals surface area contributed by atoms with Crippen molar-refractivity contribution in [3.63, 3.8) is 0 Å². The lowest BCUT2D eigenvalue weighted by atomic mass is 10.1. The number of thioether (sulfide) groups is 1. The van der Waals surface area contributed by atoms with Crippen LogP contribution in [0.3, 0.4) is 0 Å². The quantitative estimate of drug-likeness (QED) is 0.570. The van der Waals surface area contributed by atoms with Gasteiger partial charge >= 0.3 is 0 Å². The number of nitrogens with one attached hydrogen (secondary N) is 1. The first-order valence-electron chi connectivity index (χ1n) is 8.83. The highest BCUT2D eigenvalue weighted by Gasteiger charge is 2.30. The molecule has 0 saturated heterocycles. The maximum Gasteiger partial charge on any atom is 0.230 e.